The Morgan fingerprint density at radius 1 is 1.23 bits per heavy atom. The summed E-state index contributed by atoms with van der Waals surface area (Å²) in [6.45, 7) is 0.746. The summed E-state index contributed by atoms with van der Waals surface area (Å²) in [6.07, 6.45) is 6.69. The smallest absolute Gasteiger partial charge is 0.317 e. The van der Waals surface area contributed by atoms with Gasteiger partial charge in [0.2, 0.25) is 0 Å². The molecule has 0 radical (unpaired) electrons. The first-order valence-electron chi connectivity index (χ1n) is 7.48. The molecule has 5 heteroatoms. The molecule has 3 rings (SSSR count). The van der Waals surface area contributed by atoms with Gasteiger partial charge >= 0.3 is 6.03 Å². The van der Waals surface area contributed by atoms with Crippen molar-refractivity contribution in [3.63, 3.8) is 0 Å². The largest absolute Gasteiger partial charge is 0.322 e. The number of urea groups is 1. The average molecular weight is 316 g/mol. The van der Waals surface area contributed by atoms with Gasteiger partial charge in [-0.15, -0.1) is 0 Å². The number of carbonyl (C=O) groups excluding carboxylic acids is 1. The number of nitrogens with one attached hydrogen (secondary N) is 1. The van der Waals surface area contributed by atoms with Crippen molar-refractivity contribution in [3.05, 3.63) is 59.4 Å². The van der Waals surface area contributed by atoms with E-state index >= 15 is 0 Å². The van der Waals surface area contributed by atoms with Gasteiger partial charge in [0.05, 0.1) is 16.8 Å². The number of amides is 2. The minimum Gasteiger partial charge on any atom is -0.317 e. The molecule has 22 heavy (non-hydrogen) atoms. The van der Waals surface area contributed by atoms with E-state index in [1.54, 1.807) is 12.3 Å². The lowest BCUT2D eigenvalue weighted by Crippen LogP contribution is -2.41. The van der Waals surface area contributed by atoms with Crippen molar-refractivity contribution in [2.45, 2.75) is 25.3 Å². The number of likely N-dealkylation sites (tertiary alicyclic amines) is 1. The van der Waals surface area contributed by atoms with Gasteiger partial charge in [-0.05, 0) is 43.0 Å². The Morgan fingerprint density at radius 2 is 2.09 bits per heavy atom. The molecule has 1 aromatic carbocycles. The Balaban J connectivity index is 1.79. The van der Waals surface area contributed by atoms with Crippen LogP contribution in [0, 0.1) is 0 Å². The monoisotopic (exact) mass is 315 g/mol. The van der Waals surface area contributed by atoms with E-state index in [0.29, 0.717) is 10.7 Å². The van der Waals surface area contributed by atoms with Crippen molar-refractivity contribution >= 4 is 23.3 Å². The van der Waals surface area contributed by atoms with Gasteiger partial charge in [0.1, 0.15) is 0 Å². The number of benzene rings is 1. The summed E-state index contributed by atoms with van der Waals surface area (Å²) < 4.78 is 0. The van der Waals surface area contributed by atoms with Crippen molar-refractivity contribution in [1.29, 1.82) is 0 Å². The van der Waals surface area contributed by atoms with Gasteiger partial charge in [0, 0.05) is 18.9 Å². The molecule has 0 bridgehead atoms. The van der Waals surface area contributed by atoms with Gasteiger partial charge in [-0.3, -0.25) is 4.98 Å². The van der Waals surface area contributed by atoms with Crippen LogP contribution in [-0.2, 0) is 0 Å². The van der Waals surface area contributed by atoms with Gasteiger partial charge < -0.3 is 10.2 Å². The molecule has 2 heterocycles. The number of rotatable bonds is 2. The normalized spacial score (nSPS) is 18.0. The maximum absolute atomic E-state index is 12.6. The lowest BCUT2D eigenvalue weighted by Gasteiger charge is -2.35. The highest BCUT2D eigenvalue weighted by molar-refractivity contribution is 6.33. The van der Waals surface area contributed by atoms with Crippen LogP contribution < -0.4 is 5.32 Å². The Hall–Kier alpha value is -2.07. The summed E-state index contributed by atoms with van der Waals surface area (Å²) in [6, 6.07) is 11.2. The molecule has 2 aromatic rings. The highest BCUT2D eigenvalue weighted by atomic mass is 35.5. The van der Waals surface area contributed by atoms with Crippen LogP contribution in [0.5, 0.6) is 0 Å². The number of hydrogen-bond acceptors (Lipinski definition) is 2. The van der Waals surface area contributed by atoms with Gasteiger partial charge in [0.25, 0.3) is 0 Å². The van der Waals surface area contributed by atoms with E-state index in [-0.39, 0.29) is 12.1 Å². The van der Waals surface area contributed by atoms with Crippen LogP contribution in [0.25, 0.3) is 0 Å². The summed E-state index contributed by atoms with van der Waals surface area (Å²) in [5, 5.41) is 3.46. The zero-order chi connectivity index (χ0) is 15.4. The van der Waals surface area contributed by atoms with E-state index in [4.69, 9.17) is 11.6 Å². The third-order valence-corrected chi connectivity index (χ3v) is 4.28. The van der Waals surface area contributed by atoms with Crippen molar-refractivity contribution in [3.8, 4) is 0 Å². The van der Waals surface area contributed by atoms with Gasteiger partial charge in [-0.2, -0.15) is 0 Å². The Morgan fingerprint density at radius 3 is 2.86 bits per heavy atom. The summed E-state index contributed by atoms with van der Waals surface area (Å²) >= 11 is 6.12. The fourth-order valence-electron chi connectivity index (χ4n) is 2.84. The standard InChI is InChI=1S/C17H18ClN3O/c18-14-7-1-2-8-15(14)20-17(22)21-11-4-3-9-16(21)13-6-5-10-19-12-13/h1-2,5-8,10,12,16H,3-4,9,11H2,(H,20,22)/t16-/m0/s1. The number of para-hydroxylation sites is 1. The summed E-state index contributed by atoms with van der Waals surface area (Å²) in [7, 11) is 0. The number of carbonyl (C=O) groups is 1. The number of piperidine rings is 1. The molecule has 1 fully saturated rings. The molecule has 2 amide bonds. The third kappa shape index (κ3) is 3.22. The second kappa shape index (κ2) is 6.79. The Labute approximate surface area is 135 Å². The van der Waals surface area contributed by atoms with Crippen LogP contribution in [0.2, 0.25) is 5.02 Å². The van der Waals surface area contributed by atoms with Crippen molar-refractivity contribution in [2.24, 2.45) is 0 Å². The van der Waals surface area contributed by atoms with Crippen LogP contribution in [0.15, 0.2) is 48.8 Å². The SMILES string of the molecule is O=C(Nc1ccccc1Cl)N1CCCC[C@H]1c1cccnc1. The first kappa shape index (κ1) is 14.9. The highest BCUT2D eigenvalue weighted by Gasteiger charge is 2.28. The second-order valence-corrected chi connectivity index (χ2v) is 5.81. The molecule has 1 aliphatic rings. The molecule has 4 nitrogen and oxygen atoms in total. The molecule has 1 aliphatic heterocycles. The number of pyridine rings is 1. The summed E-state index contributed by atoms with van der Waals surface area (Å²) in [5.74, 6) is 0. The molecule has 0 unspecified atom stereocenters. The lowest BCUT2D eigenvalue weighted by atomic mass is 9.97. The molecule has 0 aliphatic carbocycles. The minimum absolute atomic E-state index is 0.0740. The molecule has 0 saturated carbocycles. The van der Waals surface area contributed by atoms with Gasteiger partial charge in [0.15, 0.2) is 0 Å². The van der Waals surface area contributed by atoms with Crippen LogP contribution in [0.4, 0.5) is 10.5 Å². The molecule has 1 saturated heterocycles. The quantitative estimate of drug-likeness (QED) is 0.887. The molecule has 1 aromatic heterocycles. The van der Waals surface area contributed by atoms with Gasteiger partial charge in [-0.1, -0.05) is 29.8 Å². The fourth-order valence-corrected chi connectivity index (χ4v) is 3.03. The topological polar surface area (TPSA) is 45.2 Å². The average Bonchev–Trinajstić information content (AvgIpc) is 2.58. The number of nitrogens with zero attached hydrogens (tertiary/aromatic N) is 2. The molecule has 1 N–H and O–H groups in total. The maximum Gasteiger partial charge on any atom is 0.322 e. The maximum atomic E-state index is 12.6. The number of halogens is 1. The number of anilines is 1. The zero-order valence-corrected chi connectivity index (χ0v) is 13.0. The first-order valence-corrected chi connectivity index (χ1v) is 7.85. The summed E-state index contributed by atoms with van der Waals surface area (Å²) in [4.78, 5) is 18.7. The van der Waals surface area contributed by atoms with E-state index in [0.717, 1.165) is 31.4 Å². The van der Waals surface area contributed by atoms with Crippen LogP contribution in [-0.4, -0.2) is 22.5 Å². The van der Waals surface area contributed by atoms with Crippen LogP contribution >= 0.6 is 11.6 Å². The van der Waals surface area contributed by atoms with Gasteiger partial charge in [-0.25, -0.2) is 4.79 Å². The Bertz CT molecular complexity index is 647. The highest BCUT2D eigenvalue weighted by Crippen LogP contribution is 2.31. The lowest BCUT2D eigenvalue weighted by molar-refractivity contribution is 0.163. The third-order valence-electron chi connectivity index (χ3n) is 3.95. The van der Waals surface area contributed by atoms with E-state index in [2.05, 4.69) is 10.3 Å². The van der Waals surface area contributed by atoms with E-state index < -0.39 is 0 Å². The van der Waals surface area contributed by atoms with E-state index in [1.807, 2.05) is 41.4 Å². The molecule has 114 valence electrons. The minimum atomic E-state index is -0.110. The number of aromatic nitrogens is 1. The number of hydrogen-bond donors (Lipinski definition) is 1. The van der Waals surface area contributed by atoms with E-state index in [1.165, 1.54) is 0 Å². The van der Waals surface area contributed by atoms with Crippen molar-refractivity contribution in [2.75, 3.05) is 11.9 Å². The molecular formula is C17H18ClN3O. The molecular weight excluding hydrogens is 298 g/mol. The first-order chi connectivity index (χ1) is 10.8. The van der Waals surface area contributed by atoms with Crippen molar-refractivity contribution < 1.29 is 4.79 Å². The summed E-state index contributed by atoms with van der Waals surface area (Å²) in [5.41, 5.74) is 1.72. The molecule has 0 spiro atoms. The predicted octanol–water partition coefficient (Wildman–Crippen LogP) is 4.49. The van der Waals surface area contributed by atoms with Crippen molar-refractivity contribution in [1.82, 2.24) is 9.88 Å². The second-order valence-electron chi connectivity index (χ2n) is 5.40. The van der Waals surface area contributed by atoms with Crippen LogP contribution in [0.3, 0.4) is 0 Å². The zero-order valence-electron chi connectivity index (χ0n) is 12.2. The van der Waals surface area contributed by atoms with Crippen LogP contribution in [0.1, 0.15) is 30.9 Å². The fraction of sp³-hybridized carbons (Fsp3) is 0.294. The Kier molecular flexibility index (Phi) is 4.59. The predicted molar refractivity (Wildman–Crippen MR) is 88.0 cm³/mol. The molecule has 1 atom stereocenters. The van der Waals surface area contributed by atoms with E-state index in [9.17, 15) is 4.79 Å².